The van der Waals surface area contributed by atoms with Gasteiger partial charge in [0.05, 0.1) is 10.2 Å². The normalized spacial score (nSPS) is 20.0. The number of benzene rings is 1. The zero-order valence-electron chi connectivity index (χ0n) is 13.5. The third kappa shape index (κ3) is 3.87. The second-order valence-electron chi connectivity index (χ2n) is 6.10. The van der Waals surface area contributed by atoms with Gasteiger partial charge in [-0.3, -0.25) is 4.90 Å². The fourth-order valence-electron chi connectivity index (χ4n) is 3.36. The van der Waals surface area contributed by atoms with Crippen LogP contribution in [0.1, 0.15) is 32.1 Å². The predicted molar refractivity (Wildman–Crippen MR) is 105 cm³/mol. The highest BCUT2D eigenvalue weighted by Crippen LogP contribution is 2.44. The van der Waals surface area contributed by atoms with Crippen LogP contribution in [0.25, 0.3) is 0 Å². The lowest BCUT2D eigenvalue weighted by Gasteiger charge is -2.46. The quantitative estimate of drug-likeness (QED) is 0.548. The van der Waals surface area contributed by atoms with E-state index in [1.54, 1.807) is 11.0 Å². The summed E-state index contributed by atoms with van der Waals surface area (Å²) >= 11 is 5.10. The second kappa shape index (κ2) is 7.06. The smallest absolute Gasteiger partial charge is 0.405 e. The first-order valence-electron chi connectivity index (χ1n) is 7.86. The van der Waals surface area contributed by atoms with E-state index in [-0.39, 0.29) is 22.1 Å². The minimum atomic E-state index is -4.78. The zero-order chi connectivity index (χ0) is 19.1. The number of hydrogen-bond donors (Lipinski definition) is 2. The molecule has 1 fully saturated rings. The fraction of sp³-hybridized carbons (Fsp3) is 0.467. The molecule has 3 rings (SSSR count). The number of halogens is 5. The third-order valence-electron chi connectivity index (χ3n) is 4.32. The number of alkyl halides is 3. The molecule has 1 aromatic rings. The molecule has 0 unspecified atom stereocenters. The Bertz CT molecular complexity index is 777. The number of hydrogen-bond acceptors (Lipinski definition) is 6. The van der Waals surface area contributed by atoms with Crippen LogP contribution >= 0.6 is 38.5 Å². The van der Waals surface area contributed by atoms with E-state index >= 15 is 0 Å². The fourth-order valence-corrected chi connectivity index (χ4v) is 4.45. The molecule has 0 atom stereocenters. The molecule has 1 saturated carbocycles. The van der Waals surface area contributed by atoms with Crippen LogP contribution in [-0.2, 0) is 0 Å². The van der Waals surface area contributed by atoms with Crippen molar-refractivity contribution in [3.05, 3.63) is 20.2 Å². The molecule has 142 valence electrons. The van der Waals surface area contributed by atoms with Crippen LogP contribution in [0.5, 0.6) is 5.75 Å². The van der Waals surface area contributed by atoms with E-state index in [1.807, 2.05) is 22.6 Å². The van der Waals surface area contributed by atoms with Crippen LogP contribution in [0.2, 0.25) is 0 Å². The Morgan fingerprint density at radius 3 is 2.46 bits per heavy atom. The van der Waals surface area contributed by atoms with Crippen LogP contribution in [0, 0.1) is 3.57 Å². The molecule has 0 aromatic heterocycles. The second-order valence-corrected chi connectivity index (χ2v) is 8.12. The maximum Gasteiger partial charge on any atom is 0.573 e. The standard InChI is InChI=1S/C15H16BrF3IN5O/c16-8-6-10(9(20)7-11(8)26-15(17,18)19)25-13(22)23-12(21)24-14(25)4-2-1-3-5-14/h6-7H,1-5H2,(H4,21,22,23,24). The molecule has 2 aliphatic rings. The van der Waals surface area contributed by atoms with Crippen LogP contribution in [0.4, 0.5) is 18.9 Å². The maximum absolute atomic E-state index is 12.6. The average molecular weight is 546 g/mol. The Labute approximate surface area is 170 Å². The molecule has 0 radical (unpaired) electrons. The maximum atomic E-state index is 12.6. The summed E-state index contributed by atoms with van der Waals surface area (Å²) in [5, 5.41) is 0. The summed E-state index contributed by atoms with van der Waals surface area (Å²) in [6.07, 6.45) is -0.318. The molecule has 4 N–H and O–H groups in total. The lowest BCUT2D eigenvalue weighted by atomic mass is 9.87. The van der Waals surface area contributed by atoms with Crippen molar-refractivity contribution in [1.82, 2.24) is 0 Å². The third-order valence-corrected chi connectivity index (χ3v) is 5.80. The number of ether oxygens (including phenoxy) is 1. The molecule has 6 nitrogen and oxygen atoms in total. The molecule has 1 aliphatic heterocycles. The van der Waals surface area contributed by atoms with Gasteiger partial charge in [-0.05, 0) is 76.3 Å². The van der Waals surface area contributed by atoms with Gasteiger partial charge >= 0.3 is 6.36 Å². The summed E-state index contributed by atoms with van der Waals surface area (Å²) in [6.45, 7) is 0. The van der Waals surface area contributed by atoms with Crippen molar-refractivity contribution < 1.29 is 17.9 Å². The van der Waals surface area contributed by atoms with E-state index in [1.165, 1.54) is 6.07 Å². The molecule has 1 aliphatic carbocycles. The number of guanidine groups is 2. The van der Waals surface area contributed by atoms with Gasteiger partial charge in [-0.25, -0.2) is 4.99 Å². The summed E-state index contributed by atoms with van der Waals surface area (Å²) in [7, 11) is 0. The van der Waals surface area contributed by atoms with Crippen LogP contribution < -0.4 is 21.1 Å². The lowest BCUT2D eigenvalue weighted by Crippen LogP contribution is -2.58. The molecular formula is C15H16BrF3IN5O. The zero-order valence-corrected chi connectivity index (χ0v) is 17.2. The molecule has 0 amide bonds. The Kier molecular flexibility index (Phi) is 5.30. The lowest BCUT2D eigenvalue weighted by molar-refractivity contribution is -0.274. The Balaban J connectivity index is 2.06. The first-order chi connectivity index (χ1) is 12.1. The first-order valence-corrected chi connectivity index (χ1v) is 9.73. The number of nitrogens with zero attached hydrogens (tertiary/aromatic N) is 3. The first kappa shape index (κ1) is 19.5. The van der Waals surface area contributed by atoms with E-state index in [0.717, 1.165) is 32.1 Å². The van der Waals surface area contributed by atoms with Crippen LogP contribution in [0.15, 0.2) is 26.6 Å². The highest BCUT2D eigenvalue weighted by Gasteiger charge is 2.43. The van der Waals surface area contributed by atoms with Gasteiger partial charge in [-0.2, -0.15) is 4.99 Å². The molecule has 1 spiro atoms. The molecule has 0 saturated heterocycles. The highest BCUT2D eigenvalue weighted by molar-refractivity contribution is 14.1. The van der Waals surface area contributed by atoms with Crippen molar-refractivity contribution in [2.75, 3.05) is 4.90 Å². The number of nitrogens with two attached hydrogens (primary N) is 2. The predicted octanol–water partition coefficient (Wildman–Crippen LogP) is 4.06. The minimum Gasteiger partial charge on any atom is -0.405 e. The molecule has 26 heavy (non-hydrogen) atoms. The molecule has 1 heterocycles. The van der Waals surface area contributed by atoms with Crippen molar-refractivity contribution in [3.8, 4) is 5.75 Å². The number of aliphatic imine (C=N–C) groups is 2. The summed E-state index contributed by atoms with van der Waals surface area (Å²) < 4.78 is 42.5. The summed E-state index contributed by atoms with van der Waals surface area (Å²) in [5.41, 5.74) is 11.9. The molecule has 1 aromatic carbocycles. The van der Waals surface area contributed by atoms with Gasteiger partial charge in [0.1, 0.15) is 11.4 Å². The Morgan fingerprint density at radius 1 is 1.19 bits per heavy atom. The van der Waals surface area contributed by atoms with Gasteiger partial charge < -0.3 is 16.2 Å². The van der Waals surface area contributed by atoms with Gasteiger partial charge in [0.15, 0.2) is 0 Å². The van der Waals surface area contributed by atoms with Crippen LogP contribution in [0.3, 0.4) is 0 Å². The Hall–Kier alpha value is -1.24. The molecule has 11 heteroatoms. The average Bonchev–Trinajstić information content (AvgIpc) is 2.50. The number of anilines is 1. The summed E-state index contributed by atoms with van der Waals surface area (Å²) in [5.74, 6) is -0.0284. The summed E-state index contributed by atoms with van der Waals surface area (Å²) in [6, 6.07) is 2.84. The largest absolute Gasteiger partial charge is 0.573 e. The van der Waals surface area contributed by atoms with Crippen LogP contribution in [-0.4, -0.2) is 23.9 Å². The van der Waals surface area contributed by atoms with Gasteiger partial charge in [0.25, 0.3) is 0 Å². The topological polar surface area (TPSA) is 89.2 Å². The van der Waals surface area contributed by atoms with E-state index in [4.69, 9.17) is 11.5 Å². The van der Waals surface area contributed by atoms with Crippen molar-refractivity contribution in [1.29, 1.82) is 0 Å². The van der Waals surface area contributed by atoms with E-state index < -0.39 is 12.0 Å². The van der Waals surface area contributed by atoms with Gasteiger partial charge in [0, 0.05) is 3.57 Å². The number of rotatable bonds is 2. The van der Waals surface area contributed by atoms with Crippen molar-refractivity contribution in [2.24, 2.45) is 21.5 Å². The molecular weight excluding hydrogens is 530 g/mol. The summed E-state index contributed by atoms with van der Waals surface area (Å²) in [4.78, 5) is 10.4. The molecule has 0 bridgehead atoms. The van der Waals surface area contributed by atoms with Gasteiger partial charge in [0.2, 0.25) is 11.9 Å². The van der Waals surface area contributed by atoms with Crippen molar-refractivity contribution in [2.45, 2.75) is 44.1 Å². The van der Waals surface area contributed by atoms with E-state index in [0.29, 0.717) is 9.26 Å². The van der Waals surface area contributed by atoms with Crippen molar-refractivity contribution >= 4 is 56.1 Å². The minimum absolute atomic E-state index is 0.117. The Morgan fingerprint density at radius 2 is 1.85 bits per heavy atom. The van der Waals surface area contributed by atoms with Gasteiger partial charge in [-0.1, -0.05) is 6.42 Å². The SMILES string of the molecule is NC1=NC2(CCCCC2)N(c2cc(Br)c(OC(F)(F)F)cc2I)C(N)=N1. The van der Waals surface area contributed by atoms with Gasteiger partial charge in [-0.15, -0.1) is 13.2 Å². The van der Waals surface area contributed by atoms with E-state index in [2.05, 4.69) is 30.7 Å². The highest BCUT2D eigenvalue weighted by atomic mass is 127. The van der Waals surface area contributed by atoms with E-state index in [9.17, 15) is 13.2 Å². The monoisotopic (exact) mass is 545 g/mol. The van der Waals surface area contributed by atoms with Crippen molar-refractivity contribution in [3.63, 3.8) is 0 Å².